The number of hydrogen-bond acceptors (Lipinski definition) is 6. The van der Waals surface area contributed by atoms with E-state index in [-0.39, 0.29) is 0 Å². The molecule has 1 saturated carbocycles. The van der Waals surface area contributed by atoms with Gasteiger partial charge in [-0.1, -0.05) is 12.5 Å². The highest BCUT2D eigenvalue weighted by Gasteiger charge is 2.65. The second-order valence-corrected chi connectivity index (χ2v) is 7.85. The normalized spacial score (nSPS) is 28.5. The van der Waals surface area contributed by atoms with Crippen LogP contribution in [-0.4, -0.2) is 43.7 Å². The first-order valence-corrected chi connectivity index (χ1v) is 9.20. The molecule has 0 bridgehead atoms. The summed E-state index contributed by atoms with van der Waals surface area (Å²) in [5.74, 6) is 0. The van der Waals surface area contributed by atoms with E-state index in [9.17, 15) is 15.2 Å². The van der Waals surface area contributed by atoms with Gasteiger partial charge >= 0.3 is 6.03 Å². The minimum Gasteiger partial charge on any atom is -0.622 e. The van der Waals surface area contributed by atoms with Crippen LogP contribution in [0, 0.1) is 5.21 Å². The number of nitrogens with two attached hydrogens (primary N) is 1. The number of hydrazone groups is 1. The Morgan fingerprint density at radius 2 is 2.24 bits per heavy atom. The summed E-state index contributed by atoms with van der Waals surface area (Å²) in [5.41, 5.74) is 6.06. The number of urea groups is 1. The molecule has 0 saturated heterocycles. The molecule has 8 nitrogen and oxygen atoms in total. The van der Waals surface area contributed by atoms with Crippen molar-refractivity contribution in [2.75, 3.05) is 0 Å². The number of amides is 2. The number of rotatable bonds is 2. The standard InChI is InChI=1S/C16H23N5O3S/c1-15(2)13(11-7-6-10-25-11)20(23)16(21(15)24)9-5-3-4-8-12(16)18-19-14(17)22/h6-7,10,24H,3-5,8-9H2,1-2H3,(H3,17,19,22)/t16-/m1/s1. The van der Waals surface area contributed by atoms with Crippen LogP contribution in [0.15, 0.2) is 22.6 Å². The van der Waals surface area contributed by atoms with Crippen molar-refractivity contribution >= 4 is 28.8 Å². The number of carbonyl (C=O) groups excluding carboxylic acids is 1. The molecule has 2 aliphatic rings. The van der Waals surface area contributed by atoms with Gasteiger partial charge in [0, 0.05) is 6.42 Å². The molecular formula is C16H23N5O3S. The Morgan fingerprint density at radius 1 is 1.48 bits per heavy atom. The van der Waals surface area contributed by atoms with E-state index in [1.807, 2.05) is 31.4 Å². The fourth-order valence-corrected chi connectivity index (χ4v) is 4.70. The van der Waals surface area contributed by atoms with Crippen molar-refractivity contribution in [3.05, 3.63) is 27.6 Å². The molecule has 9 heteroatoms. The third-order valence-electron chi connectivity index (χ3n) is 4.96. The number of primary amides is 1. The van der Waals surface area contributed by atoms with Gasteiger partial charge in [0.2, 0.25) is 5.71 Å². The number of nitrogens with zero attached hydrogens (tertiary/aromatic N) is 3. The van der Waals surface area contributed by atoms with Crippen LogP contribution in [0.4, 0.5) is 4.79 Å². The van der Waals surface area contributed by atoms with Crippen molar-refractivity contribution in [2.45, 2.75) is 57.2 Å². The molecule has 1 atom stereocenters. The summed E-state index contributed by atoms with van der Waals surface area (Å²) >= 11 is 1.45. The van der Waals surface area contributed by atoms with Crippen molar-refractivity contribution in [3.8, 4) is 0 Å². The third-order valence-corrected chi connectivity index (χ3v) is 5.83. The number of thiophene rings is 1. The van der Waals surface area contributed by atoms with E-state index in [1.165, 1.54) is 11.3 Å². The lowest BCUT2D eigenvalue weighted by atomic mass is 9.94. The van der Waals surface area contributed by atoms with Crippen LogP contribution in [0.1, 0.15) is 50.8 Å². The average molecular weight is 365 g/mol. The number of nitrogens with one attached hydrogen (secondary N) is 1. The maximum atomic E-state index is 13.5. The summed E-state index contributed by atoms with van der Waals surface area (Å²) < 4.78 is 0.881. The monoisotopic (exact) mass is 365 g/mol. The quantitative estimate of drug-likeness (QED) is 0.423. The number of hydroxylamine groups is 3. The summed E-state index contributed by atoms with van der Waals surface area (Å²) in [6.45, 7) is 3.62. The van der Waals surface area contributed by atoms with Crippen LogP contribution >= 0.6 is 11.3 Å². The van der Waals surface area contributed by atoms with Gasteiger partial charge in [-0.3, -0.25) is 0 Å². The maximum Gasteiger partial charge on any atom is 0.332 e. The van der Waals surface area contributed by atoms with Crippen LogP contribution in [0.3, 0.4) is 0 Å². The summed E-state index contributed by atoms with van der Waals surface area (Å²) in [6, 6.07) is 2.95. The van der Waals surface area contributed by atoms with Gasteiger partial charge in [0.05, 0.1) is 4.88 Å². The highest BCUT2D eigenvalue weighted by atomic mass is 32.1. The molecule has 1 aromatic rings. The Balaban J connectivity index is 2.19. The highest BCUT2D eigenvalue weighted by molar-refractivity contribution is 7.12. The average Bonchev–Trinajstić information content (AvgIpc) is 3.02. The molecule has 0 radical (unpaired) electrons. The molecule has 1 aliphatic heterocycles. The van der Waals surface area contributed by atoms with Crippen LogP contribution < -0.4 is 11.2 Å². The highest BCUT2D eigenvalue weighted by Crippen LogP contribution is 2.42. The Hall–Kier alpha value is -1.97. The van der Waals surface area contributed by atoms with Crippen molar-refractivity contribution in [1.29, 1.82) is 0 Å². The first-order chi connectivity index (χ1) is 11.8. The van der Waals surface area contributed by atoms with Gasteiger partial charge in [-0.05, 0) is 44.6 Å². The first kappa shape index (κ1) is 17.8. The molecule has 1 fully saturated rings. The van der Waals surface area contributed by atoms with Gasteiger partial charge in [0.15, 0.2) is 0 Å². The summed E-state index contributed by atoms with van der Waals surface area (Å²) in [7, 11) is 0. The smallest absolute Gasteiger partial charge is 0.332 e. The predicted octanol–water partition coefficient (Wildman–Crippen LogP) is 2.22. The van der Waals surface area contributed by atoms with Gasteiger partial charge in [-0.2, -0.15) is 9.84 Å². The van der Waals surface area contributed by atoms with Crippen molar-refractivity contribution < 1.29 is 14.7 Å². The molecule has 1 spiro atoms. The van der Waals surface area contributed by atoms with Gasteiger partial charge in [0.1, 0.15) is 11.3 Å². The molecule has 1 aromatic heterocycles. The second kappa shape index (κ2) is 6.40. The molecule has 3 rings (SSSR count). The molecular weight excluding hydrogens is 342 g/mol. The van der Waals surface area contributed by atoms with Crippen molar-refractivity contribution in [2.24, 2.45) is 10.8 Å². The molecule has 4 N–H and O–H groups in total. The zero-order valence-corrected chi connectivity index (χ0v) is 15.2. The van der Waals surface area contributed by atoms with Crippen LogP contribution in [0.2, 0.25) is 0 Å². The minimum absolute atomic E-state index is 0.421. The van der Waals surface area contributed by atoms with Gasteiger partial charge in [-0.15, -0.1) is 16.4 Å². The van der Waals surface area contributed by atoms with E-state index >= 15 is 0 Å². The molecule has 1 aliphatic carbocycles. The van der Waals surface area contributed by atoms with Crippen molar-refractivity contribution in [3.63, 3.8) is 0 Å². The largest absolute Gasteiger partial charge is 0.622 e. The second-order valence-electron chi connectivity index (χ2n) is 6.90. The van der Waals surface area contributed by atoms with Crippen molar-refractivity contribution in [1.82, 2.24) is 10.5 Å². The minimum atomic E-state index is -1.33. The Bertz CT molecular complexity index is 728. The van der Waals surface area contributed by atoms with Gasteiger partial charge < -0.3 is 16.1 Å². The number of carbonyl (C=O) groups is 1. The maximum absolute atomic E-state index is 13.5. The van der Waals surface area contributed by atoms with E-state index in [0.717, 1.165) is 33.9 Å². The van der Waals surface area contributed by atoms with Crippen LogP contribution in [0.25, 0.3) is 0 Å². The van der Waals surface area contributed by atoms with E-state index in [4.69, 9.17) is 5.73 Å². The van der Waals surface area contributed by atoms with E-state index in [2.05, 4.69) is 10.5 Å². The van der Waals surface area contributed by atoms with Gasteiger partial charge in [-0.25, -0.2) is 10.2 Å². The van der Waals surface area contributed by atoms with Gasteiger partial charge in [0.25, 0.3) is 5.66 Å². The van der Waals surface area contributed by atoms with Crippen LogP contribution in [-0.2, 0) is 0 Å². The molecule has 2 heterocycles. The summed E-state index contributed by atoms with van der Waals surface area (Å²) in [5, 5.41) is 31.7. The lowest BCUT2D eigenvalue weighted by Crippen LogP contribution is -2.59. The molecule has 0 unspecified atom stereocenters. The summed E-state index contributed by atoms with van der Waals surface area (Å²) in [4.78, 5) is 11.9. The van der Waals surface area contributed by atoms with E-state index in [1.54, 1.807) is 0 Å². The lowest BCUT2D eigenvalue weighted by molar-refractivity contribution is -0.567. The predicted molar refractivity (Wildman–Crippen MR) is 95.7 cm³/mol. The molecule has 25 heavy (non-hydrogen) atoms. The summed E-state index contributed by atoms with van der Waals surface area (Å²) in [6.07, 6.45) is 3.46. The van der Waals surface area contributed by atoms with E-state index < -0.39 is 17.2 Å². The molecule has 2 amide bonds. The Labute approximate surface area is 150 Å². The molecule has 136 valence electrons. The SMILES string of the molecule is CC1(C)C(c2cccs2)=[N+]([O-])[C@]2(CCCCCC2=NNC(N)=O)N1O. The first-order valence-electron chi connectivity index (χ1n) is 8.32. The molecule has 0 aromatic carbocycles. The topological polar surface area (TPSA) is 117 Å². The lowest BCUT2D eigenvalue weighted by Gasteiger charge is -2.35. The number of hydrogen-bond donors (Lipinski definition) is 3. The fourth-order valence-electron chi connectivity index (χ4n) is 3.80. The fraction of sp³-hybridized carbons (Fsp3) is 0.562. The Morgan fingerprint density at radius 3 is 2.88 bits per heavy atom. The third kappa shape index (κ3) is 2.72. The Kier molecular flexibility index (Phi) is 4.56. The zero-order valence-electron chi connectivity index (χ0n) is 14.4. The van der Waals surface area contributed by atoms with Crippen LogP contribution in [0.5, 0.6) is 0 Å². The van der Waals surface area contributed by atoms with E-state index in [0.29, 0.717) is 24.3 Å². The zero-order chi connectivity index (χ0) is 18.2.